The van der Waals surface area contributed by atoms with Gasteiger partial charge in [0.1, 0.15) is 5.75 Å². The number of benzene rings is 2. The maximum atomic E-state index is 12.7. The van der Waals surface area contributed by atoms with Crippen molar-refractivity contribution >= 4 is 54.6 Å². The number of methoxy groups -OCH3 is 1. The van der Waals surface area contributed by atoms with Gasteiger partial charge in [-0.15, -0.1) is 11.3 Å². The van der Waals surface area contributed by atoms with E-state index in [1.54, 1.807) is 45.3 Å². The Labute approximate surface area is 246 Å². The molecule has 0 aliphatic carbocycles. The molecule has 41 heavy (non-hydrogen) atoms. The highest BCUT2D eigenvalue weighted by Crippen LogP contribution is 2.36. The van der Waals surface area contributed by atoms with Crippen LogP contribution in [-0.4, -0.2) is 68.4 Å². The number of piperidine rings is 1. The Hall–Kier alpha value is -3.41. The molecule has 1 fully saturated rings. The zero-order valence-electron chi connectivity index (χ0n) is 24.4. The van der Waals surface area contributed by atoms with Gasteiger partial charge in [-0.2, -0.15) is 0 Å². The van der Waals surface area contributed by atoms with Crippen LogP contribution in [0.4, 0.5) is 23.0 Å². The van der Waals surface area contributed by atoms with E-state index in [1.807, 2.05) is 41.9 Å². The third kappa shape index (κ3) is 6.27. The number of aromatic nitrogens is 2. The van der Waals surface area contributed by atoms with E-state index in [2.05, 4.69) is 45.0 Å². The van der Waals surface area contributed by atoms with Crippen LogP contribution in [-0.2, 0) is 10.0 Å². The predicted molar refractivity (Wildman–Crippen MR) is 170 cm³/mol. The summed E-state index contributed by atoms with van der Waals surface area (Å²) in [5.74, 6) is 1.29. The second kappa shape index (κ2) is 11.5. The highest BCUT2D eigenvalue weighted by molar-refractivity contribution is 7.94. The van der Waals surface area contributed by atoms with Gasteiger partial charge in [-0.1, -0.05) is 12.1 Å². The summed E-state index contributed by atoms with van der Waals surface area (Å²) < 4.78 is 33.9. The van der Waals surface area contributed by atoms with Gasteiger partial charge in [0.2, 0.25) is 16.0 Å². The third-order valence-electron chi connectivity index (χ3n) is 7.52. The predicted octanol–water partition coefficient (Wildman–Crippen LogP) is 6.18. The van der Waals surface area contributed by atoms with Crippen LogP contribution in [0, 0.1) is 0 Å². The molecule has 2 N–H and O–H groups in total. The lowest BCUT2D eigenvalue weighted by Gasteiger charge is -2.37. The normalized spacial score (nSPS) is 15.0. The molecule has 1 aliphatic rings. The fourth-order valence-electron chi connectivity index (χ4n) is 4.92. The summed E-state index contributed by atoms with van der Waals surface area (Å²) in [4.78, 5) is 14.1. The molecule has 0 amide bonds. The van der Waals surface area contributed by atoms with Crippen molar-refractivity contribution in [2.45, 2.75) is 44.4 Å². The quantitative estimate of drug-likeness (QED) is 0.250. The Kier molecular flexibility index (Phi) is 8.13. The first kappa shape index (κ1) is 29.1. The number of rotatable bonds is 8. The van der Waals surface area contributed by atoms with E-state index in [0.29, 0.717) is 17.7 Å². The van der Waals surface area contributed by atoms with Crippen LogP contribution < -0.4 is 19.7 Å². The molecule has 0 saturated carbocycles. The molecule has 0 unspecified atom stereocenters. The Morgan fingerprint density at radius 3 is 2.51 bits per heavy atom. The first-order chi connectivity index (χ1) is 19.4. The van der Waals surface area contributed by atoms with E-state index in [0.717, 1.165) is 64.4 Å². The lowest BCUT2D eigenvalue weighted by atomic mass is 10.0. The average Bonchev–Trinajstić information content (AvgIpc) is 3.36. The van der Waals surface area contributed by atoms with E-state index in [1.165, 1.54) is 0 Å². The Morgan fingerprint density at radius 2 is 1.83 bits per heavy atom. The Balaban J connectivity index is 1.37. The standard InChI is InChI=1S/C30H38N6O3S2/c1-30(2,3)41(37,38)34-22-9-7-8-20(16-22)24-19-40-27-18-31-29(33-28(24)27)32-21-10-11-25(26(17-21)39-6)36-14-12-23(13-15-36)35(4)5/h7-11,16-19,23,34H,12-15H2,1-6H3,(H,31,32,33). The van der Waals surface area contributed by atoms with Crippen molar-refractivity contribution in [3.8, 4) is 16.9 Å². The third-order valence-corrected chi connectivity index (χ3v) is 10.5. The lowest BCUT2D eigenvalue weighted by Crippen LogP contribution is -2.42. The van der Waals surface area contributed by atoms with Crippen molar-refractivity contribution in [3.05, 3.63) is 54.0 Å². The Morgan fingerprint density at radius 1 is 1.07 bits per heavy atom. The van der Waals surface area contributed by atoms with Crippen LogP contribution in [0.25, 0.3) is 21.3 Å². The first-order valence-corrected chi connectivity index (χ1v) is 16.0. The van der Waals surface area contributed by atoms with Gasteiger partial charge in [-0.3, -0.25) is 4.72 Å². The summed E-state index contributed by atoms with van der Waals surface area (Å²) in [6, 6.07) is 14.1. The van der Waals surface area contributed by atoms with Gasteiger partial charge >= 0.3 is 0 Å². The number of sulfonamides is 1. The number of nitrogens with one attached hydrogen (secondary N) is 2. The summed E-state index contributed by atoms with van der Waals surface area (Å²) in [7, 11) is 2.45. The number of anilines is 4. The van der Waals surface area contributed by atoms with Crippen LogP contribution in [0.5, 0.6) is 5.75 Å². The van der Waals surface area contributed by atoms with Crippen molar-refractivity contribution in [2.75, 3.05) is 49.2 Å². The number of hydrogen-bond acceptors (Lipinski definition) is 9. The molecule has 11 heteroatoms. The maximum absolute atomic E-state index is 12.7. The van der Waals surface area contributed by atoms with Crippen molar-refractivity contribution in [2.24, 2.45) is 0 Å². The maximum Gasteiger partial charge on any atom is 0.237 e. The summed E-state index contributed by atoms with van der Waals surface area (Å²) in [6.45, 7) is 7.01. The molecule has 0 spiro atoms. The molecule has 2 aromatic heterocycles. The van der Waals surface area contributed by atoms with Gasteiger partial charge in [0, 0.05) is 47.5 Å². The van der Waals surface area contributed by atoms with Crippen molar-refractivity contribution in [3.63, 3.8) is 0 Å². The summed E-state index contributed by atoms with van der Waals surface area (Å²) >= 11 is 1.55. The van der Waals surface area contributed by atoms with Gasteiger partial charge in [-0.25, -0.2) is 18.4 Å². The first-order valence-electron chi connectivity index (χ1n) is 13.7. The van der Waals surface area contributed by atoms with Crippen LogP contribution in [0.2, 0.25) is 0 Å². The minimum atomic E-state index is -3.54. The minimum Gasteiger partial charge on any atom is -0.495 e. The SMILES string of the molecule is COc1cc(Nc2ncc3scc(-c4cccc(NS(=O)(=O)C(C)(C)C)c4)c3n2)ccc1N1CCC(N(C)C)CC1. The van der Waals surface area contributed by atoms with Crippen LogP contribution in [0.3, 0.4) is 0 Å². The number of nitrogens with zero attached hydrogens (tertiary/aromatic N) is 4. The summed E-state index contributed by atoms with van der Waals surface area (Å²) in [5, 5.41) is 5.36. The fourth-order valence-corrected chi connectivity index (χ4v) is 6.54. The second-order valence-electron chi connectivity index (χ2n) is 11.5. The van der Waals surface area contributed by atoms with Crippen LogP contribution >= 0.6 is 11.3 Å². The minimum absolute atomic E-state index is 0.475. The van der Waals surface area contributed by atoms with E-state index in [4.69, 9.17) is 9.72 Å². The highest BCUT2D eigenvalue weighted by Gasteiger charge is 2.29. The van der Waals surface area contributed by atoms with Crippen molar-refractivity contribution < 1.29 is 13.2 Å². The number of ether oxygens (including phenoxy) is 1. The largest absolute Gasteiger partial charge is 0.495 e. The average molecular weight is 595 g/mol. The van der Waals surface area contributed by atoms with Crippen LogP contribution in [0.1, 0.15) is 33.6 Å². The van der Waals surface area contributed by atoms with Crippen LogP contribution in [0.15, 0.2) is 54.0 Å². The molecule has 0 bridgehead atoms. The van der Waals surface area contributed by atoms with Gasteiger partial charge in [0.05, 0.1) is 34.0 Å². The smallest absolute Gasteiger partial charge is 0.237 e. The topological polar surface area (TPSA) is 99.7 Å². The van der Waals surface area contributed by atoms with Gasteiger partial charge < -0.3 is 19.9 Å². The van der Waals surface area contributed by atoms with Gasteiger partial charge in [-0.05, 0) is 77.5 Å². The summed E-state index contributed by atoms with van der Waals surface area (Å²) in [6.07, 6.45) is 4.06. The Bertz CT molecular complexity index is 1640. The highest BCUT2D eigenvalue weighted by atomic mass is 32.2. The van der Waals surface area contributed by atoms with Gasteiger partial charge in [0.25, 0.3) is 0 Å². The summed E-state index contributed by atoms with van der Waals surface area (Å²) in [5.41, 5.74) is 5.04. The molecule has 1 saturated heterocycles. The molecule has 0 atom stereocenters. The monoisotopic (exact) mass is 594 g/mol. The zero-order chi connectivity index (χ0) is 29.4. The van der Waals surface area contributed by atoms with E-state index in [9.17, 15) is 8.42 Å². The molecule has 4 aromatic rings. The number of fused-ring (bicyclic) bond motifs is 1. The van der Waals surface area contributed by atoms with E-state index in [-0.39, 0.29) is 0 Å². The molecule has 2 aromatic carbocycles. The van der Waals surface area contributed by atoms with Crippen molar-refractivity contribution in [1.82, 2.24) is 14.9 Å². The molecule has 218 valence electrons. The molecule has 0 radical (unpaired) electrons. The van der Waals surface area contributed by atoms with Gasteiger partial charge in [0.15, 0.2) is 0 Å². The van der Waals surface area contributed by atoms with Crippen molar-refractivity contribution in [1.29, 1.82) is 0 Å². The second-order valence-corrected chi connectivity index (χ2v) is 14.9. The molecule has 1 aliphatic heterocycles. The van der Waals surface area contributed by atoms with E-state index < -0.39 is 14.8 Å². The molecular formula is C30H38N6O3S2. The zero-order valence-corrected chi connectivity index (χ0v) is 26.1. The molecule has 5 rings (SSSR count). The molecular weight excluding hydrogens is 557 g/mol. The van der Waals surface area contributed by atoms with E-state index >= 15 is 0 Å². The number of thiophene rings is 1. The molecule has 3 heterocycles. The molecule has 9 nitrogen and oxygen atoms in total. The fraction of sp³-hybridized carbons (Fsp3) is 0.400. The lowest BCUT2D eigenvalue weighted by molar-refractivity contribution is 0.249. The number of hydrogen-bond donors (Lipinski definition) is 2.